The van der Waals surface area contributed by atoms with Gasteiger partial charge in [-0.3, -0.25) is 9.59 Å². The van der Waals surface area contributed by atoms with E-state index in [2.05, 4.69) is 10.3 Å². The number of carboxylic acid groups (broad SMARTS) is 1. The Morgan fingerprint density at radius 2 is 2.00 bits per heavy atom. The van der Waals surface area contributed by atoms with Gasteiger partial charge in [0.05, 0.1) is 0 Å². The third-order valence-corrected chi connectivity index (χ3v) is 4.60. The van der Waals surface area contributed by atoms with Crippen molar-refractivity contribution in [3.05, 3.63) is 33.2 Å². The third-order valence-electron chi connectivity index (χ3n) is 4.60. The largest absolute Gasteiger partial charge is 0.480 e. The first-order chi connectivity index (χ1) is 10.9. The lowest BCUT2D eigenvalue weighted by atomic mass is 9.98. The normalized spacial score (nSPS) is 16.8. The molecule has 0 saturated heterocycles. The predicted molar refractivity (Wildman–Crippen MR) is 86.7 cm³/mol. The highest BCUT2D eigenvalue weighted by Gasteiger charge is 2.27. The maximum absolute atomic E-state index is 12.4. The molecule has 2 rings (SSSR count). The molecule has 0 bridgehead atoms. The minimum absolute atomic E-state index is 0.000188. The molecular formula is C17H24N2O4. The van der Waals surface area contributed by atoms with Crippen LogP contribution in [0.5, 0.6) is 0 Å². The van der Waals surface area contributed by atoms with Gasteiger partial charge in [0.25, 0.3) is 11.5 Å². The van der Waals surface area contributed by atoms with Crippen molar-refractivity contribution >= 4 is 11.9 Å². The zero-order valence-electron chi connectivity index (χ0n) is 13.6. The van der Waals surface area contributed by atoms with Crippen molar-refractivity contribution in [2.45, 2.75) is 58.4 Å². The van der Waals surface area contributed by atoms with Gasteiger partial charge in [0, 0.05) is 5.69 Å². The highest BCUT2D eigenvalue weighted by molar-refractivity contribution is 5.96. The number of amides is 1. The van der Waals surface area contributed by atoms with Crippen LogP contribution in [0.4, 0.5) is 0 Å². The summed E-state index contributed by atoms with van der Waals surface area (Å²) in [6, 6.07) is 0.635. The van der Waals surface area contributed by atoms with E-state index in [1.807, 2.05) is 6.92 Å². The summed E-state index contributed by atoms with van der Waals surface area (Å²) in [6.07, 6.45) is 5.44. The summed E-state index contributed by atoms with van der Waals surface area (Å²) in [5.41, 5.74) is 1.44. The fraction of sp³-hybridized carbons (Fsp3) is 0.588. The standard InChI is InChI=1S/C17H24N2O4/c1-3-10(2)14(17(22)23)19-16(21)12-9-11-7-5-4-6-8-13(11)18-15(12)20/h9-10,14H,3-8H2,1-2H3,(H,18,20)(H,19,21)(H,22,23). The summed E-state index contributed by atoms with van der Waals surface area (Å²) in [4.78, 5) is 38.7. The summed E-state index contributed by atoms with van der Waals surface area (Å²) in [5, 5.41) is 11.8. The second kappa shape index (κ2) is 7.44. The smallest absolute Gasteiger partial charge is 0.326 e. The molecule has 2 atom stereocenters. The van der Waals surface area contributed by atoms with E-state index in [-0.39, 0.29) is 11.5 Å². The molecule has 1 amide bonds. The molecule has 1 aliphatic carbocycles. The van der Waals surface area contributed by atoms with E-state index in [9.17, 15) is 19.5 Å². The Bertz CT molecular complexity index is 650. The first kappa shape index (κ1) is 17.2. The van der Waals surface area contributed by atoms with Crippen molar-refractivity contribution in [2.24, 2.45) is 5.92 Å². The summed E-state index contributed by atoms with van der Waals surface area (Å²) in [7, 11) is 0. The van der Waals surface area contributed by atoms with Gasteiger partial charge in [0.2, 0.25) is 0 Å². The molecule has 1 aliphatic rings. The second-order valence-electron chi connectivity index (χ2n) is 6.25. The molecule has 1 heterocycles. The van der Waals surface area contributed by atoms with Crippen molar-refractivity contribution in [1.82, 2.24) is 10.3 Å². The molecule has 1 aromatic rings. The van der Waals surface area contributed by atoms with E-state index in [4.69, 9.17) is 0 Å². The Morgan fingerprint density at radius 1 is 1.30 bits per heavy atom. The summed E-state index contributed by atoms with van der Waals surface area (Å²) in [5.74, 6) is -1.92. The third kappa shape index (κ3) is 4.00. The number of H-pyrrole nitrogens is 1. The van der Waals surface area contributed by atoms with Crippen LogP contribution < -0.4 is 10.9 Å². The maximum atomic E-state index is 12.4. The molecule has 0 spiro atoms. The average Bonchev–Trinajstić information content (AvgIpc) is 2.75. The SMILES string of the molecule is CCC(C)C(NC(=O)c1cc2c([nH]c1=O)CCCCC2)C(=O)O. The number of aliphatic carboxylic acids is 1. The molecule has 1 aromatic heterocycles. The molecule has 0 saturated carbocycles. The summed E-state index contributed by atoms with van der Waals surface area (Å²) < 4.78 is 0. The van der Waals surface area contributed by atoms with Crippen LogP contribution in [-0.4, -0.2) is 28.0 Å². The number of aromatic amines is 1. The number of aryl methyl sites for hydroxylation is 2. The molecule has 0 aliphatic heterocycles. The van der Waals surface area contributed by atoms with Crippen molar-refractivity contribution in [1.29, 1.82) is 0 Å². The van der Waals surface area contributed by atoms with Crippen LogP contribution in [0, 0.1) is 5.92 Å². The van der Waals surface area contributed by atoms with Gasteiger partial charge in [-0.15, -0.1) is 0 Å². The number of fused-ring (bicyclic) bond motifs is 1. The van der Waals surface area contributed by atoms with Crippen molar-refractivity contribution in [3.8, 4) is 0 Å². The first-order valence-electron chi connectivity index (χ1n) is 8.22. The molecule has 0 aromatic carbocycles. The minimum atomic E-state index is -1.08. The molecule has 0 radical (unpaired) electrons. The van der Waals surface area contributed by atoms with Crippen molar-refractivity contribution in [2.75, 3.05) is 0 Å². The molecule has 126 valence electrons. The van der Waals surface area contributed by atoms with Crippen LogP contribution in [0.2, 0.25) is 0 Å². The minimum Gasteiger partial charge on any atom is -0.480 e. The summed E-state index contributed by atoms with van der Waals surface area (Å²) in [6.45, 7) is 3.63. The second-order valence-corrected chi connectivity index (χ2v) is 6.25. The van der Waals surface area contributed by atoms with Crippen LogP contribution in [0.1, 0.15) is 61.1 Å². The van der Waals surface area contributed by atoms with E-state index in [1.54, 1.807) is 13.0 Å². The Kier molecular flexibility index (Phi) is 5.58. The average molecular weight is 320 g/mol. The zero-order valence-corrected chi connectivity index (χ0v) is 13.6. The van der Waals surface area contributed by atoms with Gasteiger partial charge < -0.3 is 15.4 Å². The fourth-order valence-corrected chi connectivity index (χ4v) is 2.92. The number of rotatable bonds is 5. The number of carboxylic acids is 1. The van der Waals surface area contributed by atoms with Crippen molar-refractivity contribution in [3.63, 3.8) is 0 Å². The highest BCUT2D eigenvalue weighted by Crippen LogP contribution is 2.18. The van der Waals surface area contributed by atoms with E-state index < -0.39 is 23.5 Å². The number of aromatic nitrogens is 1. The predicted octanol–water partition coefficient (Wildman–Crippen LogP) is 1.87. The van der Waals surface area contributed by atoms with E-state index in [1.165, 1.54) is 0 Å². The Balaban J connectivity index is 2.27. The van der Waals surface area contributed by atoms with Gasteiger partial charge in [-0.1, -0.05) is 26.7 Å². The monoisotopic (exact) mass is 320 g/mol. The van der Waals surface area contributed by atoms with E-state index >= 15 is 0 Å². The maximum Gasteiger partial charge on any atom is 0.326 e. The number of nitrogens with one attached hydrogen (secondary N) is 2. The molecular weight excluding hydrogens is 296 g/mol. The molecule has 2 unspecified atom stereocenters. The molecule has 6 nitrogen and oxygen atoms in total. The molecule has 23 heavy (non-hydrogen) atoms. The number of carbonyl (C=O) groups excluding carboxylic acids is 1. The fourth-order valence-electron chi connectivity index (χ4n) is 2.92. The van der Waals surface area contributed by atoms with Crippen LogP contribution in [-0.2, 0) is 17.6 Å². The number of hydrogen-bond acceptors (Lipinski definition) is 3. The van der Waals surface area contributed by atoms with Crippen molar-refractivity contribution < 1.29 is 14.7 Å². The number of hydrogen-bond donors (Lipinski definition) is 3. The van der Waals surface area contributed by atoms with E-state index in [0.717, 1.165) is 43.4 Å². The van der Waals surface area contributed by atoms with Gasteiger partial charge in [-0.25, -0.2) is 4.79 Å². The Labute approximate surface area is 135 Å². The van der Waals surface area contributed by atoms with Crippen LogP contribution in [0.25, 0.3) is 0 Å². The van der Waals surface area contributed by atoms with Gasteiger partial charge in [0.1, 0.15) is 11.6 Å². The lowest BCUT2D eigenvalue weighted by Gasteiger charge is -2.20. The lowest BCUT2D eigenvalue weighted by Crippen LogP contribution is -2.46. The number of carbonyl (C=O) groups is 2. The van der Waals surface area contributed by atoms with Crippen LogP contribution >= 0.6 is 0 Å². The van der Waals surface area contributed by atoms with Gasteiger partial charge >= 0.3 is 5.97 Å². The molecule has 6 heteroatoms. The van der Waals surface area contributed by atoms with Crippen LogP contribution in [0.15, 0.2) is 10.9 Å². The quantitative estimate of drug-likeness (QED) is 0.721. The molecule has 0 fully saturated rings. The van der Waals surface area contributed by atoms with E-state index in [0.29, 0.717) is 6.42 Å². The van der Waals surface area contributed by atoms with Gasteiger partial charge in [0.15, 0.2) is 0 Å². The molecule has 3 N–H and O–H groups in total. The van der Waals surface area contributed by atoms with Gasteiger partial charge in [-0.2, -0.15) is 0 Å². The highest BCUT2D eigenvalue weighted by atomic mass is 16.4. The Hall–Kier alpha value is -2.11. The van der Waals surface area contributed by atoms with Gasteiger partial charge in [-0.05, 0) is 43.2 Å². The lowest BCUT2D eigenvalue weighted by molar-refractivity contribution is -0.140. The zero-order chi connectivity index (χ0) is 17.0. The topological polar surface area (TPSA) is 99.3 Å². The summed E-state index contributed by atoms with van der Waals surface area (Å²) >= 11 is 0. The first-order valence-corrected chi connectivity index (χ1v) is 8.22. The Morgan fingerprint density at radius 3 is 2.65 bits per heavy atom. The van der Waals surface area contributed by atoms with Crippen LogP contribution in [0.3, 0.4) is 0 Å². The number of pyridine rings is 1.